The van der Waals surface area contributed by atoms with Crippen molar-refractivity contribution in [3.63, 3.8) is 0 Å². The molecule has 5 heteroatoms. The SMILES string of the molecule is CCN1CCN(c2ccc(CN)nn2)CC1. The van der Waals surface area contributed by atoms with Gasteiger partial charge in [-0.15, -0.1) is 5.10 Å². The largest absolute Gasteiger partial charge is 0.353 e. The van der Waals surface area contributed by atoms with Gasteiger partial charge in [0.15, 0.2) is 5.82 Å². The third kappa shape index (κ3) is 2.48. The van der Waals surface area contributed by atoms with Gasteiger partial charge in [0, 0.05) is 32.7 Å². The standard InChI is InChI=1S/C11H19N5/c1-2-15-5-7-16(8-6-15)11-4-3-10(9-12)13-14-11/h3-4H,2,5-9,12H2,1H3. The monoisotopic (exact) mass is 221 g/mol. The number of nitrogens with zero attached hydrogens (tertiary/aromatic N) is 4. The molecule has 1 aliphatic heterocycles. The van der Waals surface area contributed by atoms with Crippen molar-refractivity contribution in [3.05, 3.63) is 17.8 Å². The predicted molar refractivity (Wildman–Crippen MR) is 64.3 cm³/mol. The van der Waals surface area contributed by atoms with Gasteiger partial charge in [-0.2, -0.15) is 5.10 Å². The Morgan fingerprint density at radius 1 is 1.19 bits per heavy atom. The van der Waals surface area contributed by atoms with Gasteiger partial charge in [0.1, 0.15) is 0 Å². The number of rotatable bonds is 3. The van der Waals surface area contributed by atoms with Gasteiger partial charge in [-0.1, -0.05) is 6.92 Å². The van der Waals surface area contributed by atoms with Gasteiger partial charge in [-0.25, -0.2) is 0 Å². The van der Waals surface area contributed by atoms with E-state index in [1.807, 2.05) is 12.1 Å². The molecule has 0 spiro atoms. The van der Waals surface area contributed by atoms with Gasteiger partial charge < -0.3 is 15.5 Å². The Kier molecular flexibility index (Phi) is 3.69. The lowest BCUT2D eigenvalue weighted by molar-refractivity contribution is 0.270. The van der Waals surface area contributed by atoms with E-state index in [9.17, 15) is 0 Å². The molecule has 1 fully saturated rings. The van der Waals surface area contributed by atoms with Crippen molar-refractivity contribution in [2.45, 2.75) is 13.5 Å². The smallest absolute Gasteiger partial charge is 0.151 e. The maximum absolute atomic E-state index is 5.49. The fraction of sp³-hybridized carbons (Fsp3) is 0.636. The highest BCUT2D eigenvalue weighted by atomic mass is 15.3. The summed E-state index contributed by atoms with van der Waals surface area (Å²) in [4.78, 5) is 4.72. The zero-order valence-electron chi connectivity index (χ0n) is 9.76. The fourth-order valence-corrected chi connectivity index (χ4v) is 1.92. The maximum Gasteiger partial charge on any atom is 0.151 e. The Morgan fingerprint density at radius 3 is 2.44 bits per heavy atom. The minimum Gasteiger partial charge on any atom is -0.353 e. The second-order valence-electron chi connectivity index (χ2n) is 4.01. The van der Waals surface area contributed by atoms with Gasteiger partial charge in [-0.3, -0.25) is 0 Å². The van der Waals surface area contributed by atoms with E-state index in [0.29, 0.717) is 6.54 Å². The van der Waals surface area contributed by atoms with Crippen LogP contribution in [0, 0.1) is 0 Å². The first-order valence-electron chi connectivity index (χ1n) is 5.83. The van der Waals surface area contributed by atoms with E-state index in [2.05, 4.69) is 26.9 Å². The zero-order chi connectivity index (χ0) is 11.4. The number of aromatic nitrogens is 2. The van der Waals surface area contributed by atoms with Crippen molar-refractivity contribution in [3.8, 4) is 0 Å². The van der Waals surface area contributed by atoms with Gasteiger partial charge in [0.05, 0.1) is 5.69 Å². The predicted octanol–water partition coefficient (Wildman–Crippen LogP) is 0.0772. The maximum atomic E-state index is 5.49. The minimum absolute atomic E-state index is 0.455. The van der Waals surface area contributed by atoms with Gasteiger partial charge in [0.2, 0.25) is 0 Å². The van der Waals surface area contributed by atoms with Crippen LogP contribution in [0.5, 0.6) is 0 Å². The molecule has 16 heavy (non-hydrogen) atoms. The zero-order valence-corrected chi connectivity index (χ0v) is 9.76. The molecular formula is C11H19N5. The number of hydrogen-bond donors (Lipinski definition) is 1. The third-order valence-electron chi connectivity index (χ3n) is 3.06. The molecule has 88 valence electrons. The highest BCUT2D eigenvalue weighted by Gasteiger charge is 2.16. The summed E-state index contributed by atoms with van der Waals surface area (Å²) in [5.41, 5.74) is 6.34. The molecule has 0 atom stereocenters. The van der Waals surface area contributed by atoms with E-state index in [4.69, 9.17) is 5.73 Å². The van der Waals surface area contributed by atoms with Crippen LogP contribution < -0.4 is 10.6 Å². The number of nitrogens with two attached hydrogens (primary N) is 1. The molecule has 1 aromatic heterocycles. The van der Waals surface area contributed by atoms with Crippen molar-refractivity contribution in [2.24, 2.45) is 5.73 Å². The molecule has 2 heterocycles. The van der Waals surface area contributed by atoms with E-state index >= 15 is 0 Å². The van der Waals surface area contributed by atoms with E-state index in [1.165, 1.54) is 0 Å². The summed E-state index contributed by atoms with van der Waals surface area (Å²) in [6, 6.07) is 3.96. The van der Waals surface area contributed by atoms with Crippen LogP contribution in [0.25, 0.3) is 0 Å². The first kappa shape index (κ1) is 11.3. The van der Waals surface area contributed by atoms with E-state index in [1.54, 1.807) is 0 Å². The quantitative estimate of drug-likeness (QED) is 0.783. The molecular weight excluding hydrogens is 202 g/mol. The average Bonchev–Trinajstić information content (AvgIpc) is 2.39. The molecule has 1 aromatic rings. The Balaban J connectivity index is 1.97. The molecule has 0 saturated carbocycles. The topological polar surface area (TPSA) is 58.3 Å². The molecule has 1 saturated heterocycles. The fourth-order valence-electron chi connectivity index (χ4n) is 1.92. The lowest BCUT2D eigenvalue weighted by Crippen LogP contribution is -2.46. The first-order valence-corrected chi connectivity index (χ1v) is 5.83. The molecule has 0 aromatic carbocycles. The van der Waals surface area contributed by atoms with Crippen LogP contribution in [0.2, 0.25) is 0 Å². The van der Waals surface area contributed by atoms with Crippen molar-refractivity contribution in [2.75, 3.05) is 37.6 Å². The molecule has 0 bridgehead atoms. The summed E-state index contributed by atoms with van der Waals surface area (Å²) in [6.07, 6.45) is 0. The molecule has 0 unspecified atom stereocenters. The van der Waals surface area contributed by atoms with Crippen LogP contribution >= 0.6 is 0 Å². The number of piperazine rings is 1. The number of hydrogen-bond acceptors (Lipinski definition) is 5. The van der Waals surface area contributed by atoms with Crippen molar-refractivity contribution in [1.29, 1.82) is 0 Å². The van der Waals surface area contributed by atoms with Crippen LogP contribution in [-0.2, 0) is 6.54 Å². The summed E-state index contributed by atoms with van der Waals surface area (Å²) in [5, 5.41) is 8.28. The molecule has 0 radical (unpaired) electrons. The average molecular weight is 221 g/mol. The lowest BCUT2D eigenvalue weighted by Gasteiger charge is -2.34. The molecule has 1 aliphatic rings. The second kappa shape index (κ2) is 5.23. The van der Waals surface area contributed by atoms with E-state index in [0.717, 1.165) is 44.2 Å². The lowest BCUT2D eigenvalue weighted by atomic mass is 10.3. The summed E-state index contributed by atoms with van der Waals surface area (Å²) in [5.74, 6) is 0.966. The molecule has 2 N–H and O–H groups in total. The van der Waals surface area contributed by atoms with Crippen LogP contribution in [0.1, 0.15) is 12.6 Å². The summed E-state index contributed by atoms with van der Waals surface area (Å²) in [6.45, 7) is 8.07. The Bertz CT molecular complexity index is 316. The Hall–Kier alpha value is -1.20. The second-order valence-corrected chi connectivity index (χ2v) is 4.01. The highest BCUT2D eigenvalue weighted by Crippen LogP contribution is 2.12. The number of anilines is 1. The summed E-state index contributed by atoms with van der Waals surface area (Å²) < 4.78 is 0. The van der Waals surface area contributed by atoms with Crippen LogP contribution in [0.4, 0.5) is 5.82 Å². The van der Waals surface area contributed by atoms with Crippen molar-refractivity contribution in [1.82, 2.24) is 15.1 Å². The van der Waals surface area contributed by atoms with Crippen LogP contribution in [0.3, 0.4) is 0 Å². The highest BCUT2D eigenvalue weighted by molar-refractivity contribution is 5.37. The third-order valence-corrected chi connectivity index (χ3v) is 3.06. The van der Waals surface area contributed by atoms with Crippen LogP contribution in [0.15, 0.2) is 12.1 Å². The van der Waals surface area contributed by atoms with E-state index in [-0.39, 0.29) is 0 Å². The summed E-state index contributed by atoms with van der Waals surface area (Å²) >= 11 is 0. The Labute approximate surface area is 96.2 Å². The van der Waals surface area contributed by atoms with Gasteiger partial charge in [-0.05, 0) is 18.7 Å². The van der Waals surface area contributed by atoms with Gasteiger partial charge >= 0.3 is 0 Å². The van der Waals surface area contributed by atoms with Crippen molar-refractivity contribution >= 4 is 5.82 Å². The van der Waals surface area contributed by atoms with Crippen molar-refractivity contribution < 1.29 is 0 Å². The molecule has 5 nitrogen and oxygen atoms in total. The van der Waals surface area contributed by atoms with Crippen LogP contribution in [-0.4, -0.2) is 47.8 Å². The molecule has 0 amide bonds. The number of likely N-dealkylation sites (N-methyl/N-ethyl adjacent to an activating group) is 1. The van der Waals surface area contributed by atoms with Gasteiger partial charge in [0.25, 0.3) is 0 Å². The first-order chi connectivity index (χ1) is 7.83. The Morgan fingerprint density at radius 2 is 1.94 bits per heavy atom. The molecule has 2 rings (SSSR count). The molecule has 0 aliphatic carbocycles. The van der Waals surface area contributed by atoms with E-state index < -0.39 is 0 Å². The normalized spacial score (nSPS) is 17.8. The summed E-state index contributed by atoms with van der Waals surface area (Å²) in [7, 11) is 0. The minimum atomic E-state index is 0.455.